The summed E-state index contributed by atoms with van der Waals surface area (Å²) >= 11 is 3.34. The van der Waals surface area contributed by atoms with Gasteiger partial charge in [-0.2, -0.15) is 5.10 Å². The summed E-state index contributed by atoms with van der Waals surface area (Å²) < 4.78 is 6.02. The molecule has 0 saturated heterocycles. The summed E-state index contributed by atoms with van der Waals surface area (Å²) in [6.45, 7) is 5.39. The van der Waals surface area contributed by atoms with Crippen molar-refractivity contribution in [2.75, 3.05) is 0 Å². The summed E-state index contributed by atoms with van der Waals surface area (Å²) in [6.07, 6.45) is 0.988. The van der Waals surface area contributed by atoms with Crippen molar-refractivity contribution in [3.8, 4) is 0 Å². The quantitative estimate of drug-likeness (QED) is 0.673. The molecule has 92 valence electrons. The highest BCUT2D eigenvalue weighted by molar-refractivity contribution is 9.10. The Kier molecular flexibility index (Phi) is 4.69. The first-order valence-corrected chi connectivity index (χ1v) is 5.94. The molecule has 0 spiro atoms. The number of nitrogens with zero attached hydrogens (tertiary/aromatic N) is 1. The molecule has 0 heterocycles. The summed E-state index contributed by atoms with van der Waals surface area (Å²) in [5.74, 6) is 0. The van der Waals surface area contributed by atoms with Gasteiger partial charge in [-0.1, -0.05) is 28.1 Å². The first kappa shape index (κ1) is 13.7. The number of carbonyl (C=O) groups is 1. The Balaban J connectivity index is 2.45. The van der Waals surface area contributed by atoms with Gasteiger partial charge in [-0.05, 0) is 38.5 Å². The fraction of sp³-hybridized carbons (Fsp3) is 0.333. The van der Waals surface area contributed by atoms with Crippen LogP contribution in [0.4, 0.5) is 4.79 Å². The van der Waals surface area contributed by atoms with Crippen LogP contribution in [0.3, 0.4) is 0 Å². The number of benzene rings is 1. The number of hydrazone groups is 1. The van der Waals surface area contributed by atoms with E-state index in [1.165, 1.54) is 0 Å². The van der Waals surface area contributed by atoms with Crippen LogP contribution in [0.15, 0.2) is 33.8 Å². The predicted molar refractivity (Wildman–Crippen MR) is 71.1 cm³/mol. The number of nitrogens with one attached hydrogen (secondary N) is 1. The zero-order valence-corrected chi connectivity index (χ0v) is 11.6. The second kappa shape index (κ2) is 5.82. The van der Waals surface area contributed by atoms with Crippen LogP contribution in [-0.2, 0) is 4.74 Å². The standard InChI is InChI=1S/C12H15BrN2O2/c1-12(2,3)17-11(16)15-14-8-9-4-6-10(13)7-5-9/h4-8H,1-3H3,(H,15,16)/b14-8+. The van der Waals surface area contributed by atoms with E-state index >= 15 is 0 Å². The highest BCUT2D eigenvalue weighted by Gasteiger charge is 2.15. The van der Waals surface area contributed by atoms with E-state index in [1.54, 1.807) is 27.0 Å². The van der Waals surface area contributed by atoms with Crippen molar-refractivity contribution in [1.82, 2.24) is 5.43 Å². The minimum atomic E-state index is -0.564. The van der Waals surface area contributed by atoms with Crippen LogP contribution in [0.5, 0.6) is 0 Å². The summed E-state index contributed by atoms with van der Waals surface area (Å²) in [4.78, 5) is 11.2. The number of rotatable bonds is 2. The van der Waals surface area contributed by atoms with E-state index in [-0.39, 0.29) is 0 Å². The fourth-order valence-corrected chi connectivity index (χ4v) is 1.27. The maximum atomic E-state index is 11.2. The van der Waals surface area contributed by atoms with Crippen LogP contribution in [0.1, 0.15) is 26.3 Å². The Labute approximate surface area is 109 Å². The Bertz CT molecular complexity index is 408. The fourth-order valence-electron chi connectivity index (χ4n) is 1.01. The molecule has 17 heavy (non-hydrogen) atoms. The number of hydrogen-bond acceptors (Lipinski definition) is 3. The van der Waals surface area contributed by atoms with E-state index in [2.05, 4.69) is 26.5 Å². The topological polar surface area (TPSA) is 50.7 Å². The van der Waals surface area contributed by atoms with Crippen molar-refractivity contribution in [3.63, 3.8) is 0 Å². The molecule has 1 amide bonds. The maximum Gasteiger partial charge on any atom is 0.428 e. The van der Waals surface area contributed by atoms with Gasteiger partial charge in [-0.15, -0.1) is 0 Å². The molecular formula is C12H15BrN2O2. The summed E-state index contributed by atoms with van der Waals surface area (Å²) in [5.41, 5.74) is 2.68. The molecule has 0 aliphatic rings. The van der Waals surface area contributed by atoms with Crippen molar-refractivity contribution >= 4 is 28.2 Å². The smallest absolute Gasteiger partial charge is 0.428 e. The Morgan fingerprint density at radius 1 is 1.35 bits per heavy atom. The van der Waals surface area contributed by atoms with E-state index in [0.717, 1.165) is 10.0 Å². The van der Waals surface area contributed by atoms with Crippen molar-refractivity contribution in [3.05, 3.63) is 34.3 Å². The van der Waals surface area contributed by atoms with Gasteiger partial charge in [0, 0.05) is 4.47 Å². The number of ether oxygens (including phenoxy) is 1. The largest absolute Gasteiger partial charge is 0.443 e. The second-order valence-corrected chi connectivity index (χ2v) is 5.34. The summed E-state index contributed by atoms with van der Waals surface area (Å²) in [7, 11) is 0. The highest BCUT2D eigenvalue weighted by Crippen LogP contribution is 2.09. The molecule has 5 heteroatoms. The molecule has 1 rings (SSSR count). The molecule has 1 aromatic carbocycles. The molecule has 1 N–H and O–H groups in total. The van der Waals surface area contributed by atoms with Crippen molar-refractivity contribution < 1.29 is 9.53 Å². The van der Waals surface area contributed by atoms with Gasteiger partial charge < -0.3 is 4.74 Å². The molecule has 0 aromatic heterocycles. The lowest BCUT2D eigenvalue weighted by Gasteiger charge is -2.18. The second-order valence-electron chi connectivity index (χ2n) is 4.42. The Hall–Kier alpha value is -1.36. The minimum absolute atomic E-state index is 0.517. The number of carbonyl (C=O) groups excluding carboxylic acids is 1. The van der Waals surface area contributed by atoms with Gasteiger partial charge >= 0.3 is 6.09 Å². The van der Waals surface area contributed by atoms with Crippen molar-refractivity contribution in [2.24, 2.45) is 5.10 Å². The third-order valence-electron chi connectivity index (χ3n) is 1.64. The van der Waals surface area contributed by atoms with Gasteiger partial charge in [0.15, 0.2) is 0 Å². The molecule has 0 unspecified atom stereocenters. The third-order valence-corrected chi connectivity index (χ3v) is 2.17. The van der Waals surface area contributed by atoms with Gasteiger partial charge in [-0.25, -0.2) is 10.2 Å². The average Bonchev–Trinajstić information content (AvgIpc) is 2.18. The zero-order valence-electron chi connectivity index (χ0n) is 10.0. The van der Waals surface area contributed by atoms with Gasteiger partial charge in [0.05, 0.1) is 6.21 Å². The van der Waals surface area contributed by atoms with E-state index in [9.17, 15) is 4.79 Å². The normalized spacial score (nSPS) is 11.5. The molecular weight excluding hydrogens is 284 g/mol. The van der Waals surface area contributed by atoms with E-state index in [0.29, 0.717) is 0 Å². The summed E-state index contributed by atoms with van der Waals surface area (Å²) in [6, 6.07) is 7.55. The van der Waals surface area contributed by atoms with Crippen LogP contribution >= 0.6 is 15.9 Å². The van der Waals surface area contributed by atoms with Crippen LogP contribution in [0, 0.1) is 0 Å². The van der Waals surface area contributed by atoms with Gasteiger partial charge in [-0.3, -0.25) is 0 Å². The molecule has 4 nitrogen and oxygen atoms in total. The minimum Gasteiger partial charge on any atom is -0.443 e. The molecule has 0 aliphatic carbocycles. The Morgan fingerprint density at radius 3 is 2.47 bits per heavy atom. The Morgan fingerprint density at radius 2 is 1.94 bits per heavy atom. The molecule has 0 saturated carbocycles. The van der Waals surface area contributed by atoms with Crippen LogP contribution in [0.2, 0.25) is 0 Å². The monoisotopic (exact) mass is 298 g/mol. The van der Waals surface area contributed by atoms with Crippen LogP contribution in [0.25, 0.3) is 0 Å². The zero-order chi connectivity index (χ0) is 12.9. The van der Waals surface area contributed by atoms with E-state index in [4.69, 9.17) is 4.74 Å². The van der Waals surface area contributed by atoms with Crippen LogP contribution < -0.4 is 5.43 Å². The van der Waals surface area contributed by atoms with Gasteiger partial charge in [0.25, 0.3) is 0 Å². The average molecular weight is 299 g/mol. The highest BCUT2D eigenvalue weighted by atomic mass is 79.9. The molecule has 1 aromatic rings. The molecule has 0 aliphatic heterocycles. The van der Waals surface area contributed by atoms with Crippen molar-refractivity contribution in [2.45, 2.75) is 26.4 Å². The third kappa shape index (κ3) is 6.06. The number of hydrogen-bond donors (Lipinski definition) is 1. The SMILES string of the molecule is CC(C)(C)OC(=O)N/N=C/c1ccc(Br)cc1. The molecule has 0 atom stereocenters. The number of amides is 1. The molecule has 0 bridgehead atoms. The molecule has 0 fully saturated rings. The molecule has 0 radical (unpaired) electrons. The lowest BCUT2D eigenvalue weighted by atomic mass is 10.2. The first-order chi connectivity index (χ1) is 7.87. The van der Waals surface area contributed by atoms with Crippen LogP contribution in [-0.4, -0.2) is 17.9 Å². The lowest BCUT2D eigenvalue weighted by Crippen LogP contribution is -2.29. The van der Waals surface area contributed by atoms with E-state index < -0.39 is 11.7 Å². The number of halogens is 1. The van der Waals surface area contributed by atoms with Gasteiger partial charge in [0.1, 0.15) is 5.60 Å². The summed E-state index contributed by atoms with van der Waals surface area (Å²) in [5, 5.41) is 3.79. The first-order valence-electron chi connectivity index (χ1n) is 5.14. The predicted octanol–water partition coefficient (Wildman–Crippen LogP) is 3.31. The van der Waals surface area contributed by atoms with Gasteiger partial charge in [0.2, 0.25) is 0 Å². The van der Waals surface area contributed by atoms with Crippen molar-refractivity contribution in [1.29, 1.82) is 0 Å². The maximum absolute atomic E-state index is 11.2. The van der Waals surface area contributed by atoms with E-state index in [1.807, 2.05) is 24.3 Å². The lowest BCUT2D eigenvalue weighted by molar-refractivity contribution is 0.0529.